The van der Waals surface area contributed by atoms with Crippen molar-refractivity contribution in [2.45, 2.75) is 77.9 Å². The molecule has 0 aromatic carbocycles. The van der Waals surface area contributed by atoms with Crippen LogP contribution in [0.5, 0.6) is 0 Å². The Kier molecular flexibility index (Phi) is 6.93. The molecule has 6 nitrogen and oxygen atoms in total. The molecule has 1 aromatic rings. The summed E-state index contributed by atoms with van der Waals surface area (Å²) in [6, 6.07) is 3.22. The summed E-state index contributed by atoms with van der Waals surface area (Å²) in [7, 11) is 0. The fourth-order valence-corrected chi connectivity index (χ4v) is 4.32. The van der Waals surface area contributed by atoms with Crippen LogP contribution in [0.2, 0.25) is 0 Å². The van der Waals surface area contributed by atoms with Gasteiger partial charge in [0.05, 0.1) is 18.2 Å². The van der Waals surface area contributed by atoms with Crippen molar-refractivity contribution in [3.05, 3.63) is 17.5 Å². The average molecular weight is 377 g/mol. The third-order valence-corrected chi connectivity index (χ3v) is 6.17. The van der Waals surface area contributed by atoms with Crippen molar-refractivity contribution in [2.75, 3.05) is 26.2 Å². The quantitative estimate of drug-likeness (QED) is 0.827. The van der Waals surface area contributed by atoms with Crippen molar-refractivity contribution in [3.63, 3.8) is 0 Å². The minimum atomic E-state index is 0.0920. The molecule has 3 heterocycles. The van der Waals surface area contributed by atoms with Gasteiger partial charge in [-0.15, -0.1) is 0 Å². The predicted octanol–water partition coefficient (Wildman–Crippen LogP) is 3.00. The lowest BCUT2D eigenvalue weighted by molar-refractivity contribution is -0.127. The Balaban J connectivity index is 1.46. The SMILES string of the molecule is CC(C)c1cc(CNC(=O)[C@H]2CCCN(C3CCN(C(C)C)CC3)C2)on1. The van der Waals surface area contributed by atoms with Crippen molar-refractivity contribution >= 4 is 5.91 Å². The third-order valence-electron chi connectivity index (χ3n) is 6.17. The maximum Gasteiger partial charge on any atom is 0.224 e. The normalized spacial score (nSPS) is 23.3. The molecule has 2 aliphatic heterocycles. The van der Waals surface area contributed by atoms with E-state index < -0.39 is 0 Å². The highest BCUT2D eigenvalue weighted by Gasteiger charge is 2.32. The summed E-state index contributed by atoms with van der Waals surface area (Å²) in [5.74, 6) is 1.32. The second-order valence-electron chi connectivity index (χ2n) is 8.79. The van der Waals surface area contributed by atoms with Crippen LogP contribution in [0.25, 0.3) is 0 Å². The summed E-state index contributed by atoms with van der Waals surface area (Å²) >= 11 is 0. The van der Waals surface area contributed by atoms with Gasteiger partial charge in [0.2, 0.25) is 5.91 Å². The zero-order valence-electron chi connectivity index (χ0n) is 17.4. The molecule has 0 bridgehead atoms. The molecule has 1 N–H and O–H groups in total. The summed E-state index contributed by atoms with van der Waals surface area (Å²) < 4.78 is 5.33. The summed E-state index contributed by atoms with van der Waals surface area (Å²) in [5.41, 5.74) is 0.941. The molecule has 0 aliphatic carbocycles. The Morgan fingerprint density at radius 3 is 2.59 bits per heavy atom. The number of aromatic nitrogens is 1. The van der Waals surface area contributed by atoms with Gasteiger partial charge < -0.3 is 14.7 Å². The first-order valence-corrected chi connectivity index (χ1v) is 10.6. The summed E-state index contributed by atoms with van der Waals surface area (Å²) in [4.78, 5) is 17.8. The first-order valence-electron chi connectivity index (χ1n) is 10.6. The largest absolute Gasteiger partial charge is 0.359 e. The zero-order valence-corrected chi connectivity index (χ0v) is 17.4. The number of piperidine rings is 2. The molecule has 1 amide bonds. The summed E-state index contributed by atoms with van der Waals surface area (Å²) in [6.07, 6.45) is 4.55. The number of carbonyl (C=O) groups is 1. The molecule has 0 saturated carbocycles. The van der Waals surface area contributed by atoms with Crippen molar-refractivity contribution < 1.29 is 9.32 Å². The number of hydrogen-bond acceptors (Lipinski definition) is 5. The minimum Gasteiger partial charge on any atom is -0.359 e. The van der Waals surface area contributed by atoms with Gasteiger partial charge in [-0.05, 0) is 65.1 Å². The monoisotopic (exact) mass is 376 g/mol. The van der Waals surface area contributed by atoms with Crippen molar-refractivity contribution in [1.82, 2.24) is 20.3 Å². The minimum absolute atomic E-state index is 0.0920. The number of rotatable bonds is 6. The lowest BCUT2D eigenvalue weighted by atomic mass is 9.93. The van der Waals surface area contributed by atoms with E-state index in [2.05, 4.69) is 48.0 Å². The van der Waals surface area contributed by atoms with E-state index in [-0.39, 0.29) is 11.8 Å². The van der Waals surface area contributed by atoms with Crippen LogP contribution in [0.3, 0.4) is 0 Å². The molecule has 152 valence electrons. The van der Waals surface area contributed by atoms with Gasteiger partial charge in [-0.1, -0.05) is 19.0 Å². The maximum atomic E-state index is 12.7. The Morgan fingerprint density at radius 1 is 1.22 bits per heavy atom. The molecule has 0 spiro atoms. The van der Waals surface area contributed by atoms with E-state index in [4.69, 9.17) is 4.52 Å². The number of carbonyl (C=O) groups excluding carboxylic acids is 1. The Hall–Kier alpha value is -1.40. The van der Waals surface area contributed by atoms with Crippen LogP contribution in [0.4, 0.5) is 0 Å². The number of amides is 1. The van der Waals surface area contributed by atoms with Gasteiger partial charge in [0.1, 0.15) is 0 Å². The van der Waals surface area contributed by atoms with Crippen LogP contribution < -0.4 is 5.32 Å². The van der Waals surface area contributed by atoms with E-state index in [0.29, 0.717) is 24.5 Å². The molecule has 0 radical (unpaired) electrons. The molecule has 2 aliphatic rings. The summed E-state index contributed by atoms with van der Waals surface area (Å²) in [6.45, 7) is 13.5. The number of likely N-dealkylation sites (tertiary alicyclic amines) is 2. The highest BCUT2D eigenvalue weighted by Crippen LogP contribution is 2.25. The molecular weight excluding hydrogens is 340 g/mol. The molecular formula is C21H36N4O2. The van der Waals surface area contributed by atoms with Gasteiger partial charge in [-0.25, -0.2) is 0 Å². The van der Waals surface area contributed by atoms with Crippen LogP contribution in [0, 0.1) is 5.92 Å². The van der Waals surface area contributed by atoms with Crippen molar-refractivity contribution in [2.24, 2.45) is 5.92 Å². The number of nitrogens with one attached hydrogen (secondary N) is 1. The van der Waals surface area contributed by atoms with Gasteiger partial charge in [0.15, 0.2) is 5.76 Å². The topological polar surface area (TPSA) is 61.6 Å². The van der Waals surface area contributed by atoms with Crippen LogP contribution in [-0.4, -0.2) is 59.1 Å². The Bertz CT molecular complexity index is 605. The lowest BCUT2D eigenvalue weighted by Gasteiger charge is -2.43. The summed E-state index contributed by atoms with van der Waals surface area (Å²) in [5, 5.41) is 7.12. The van der Waals surface area contributed by atoms with Gasteiger partial charge in [0, 0.05) is 24.7 Å². The smallest absolute Gasteiger partial charge is 0.224 e. The van der Waals surface area contributed by atoms with Crippen molar-refractivity contribution in [3.8, 4) is 0 Å². The molecule has 2 saturated heterocycles. The molecule has 1 atom stereocenters. The van der Waals surface area contributed by atoms with Crippen LogP contribution >= 0.6 is 0 Å². The van der Waals surface area contributed by atoms with Gasteiger partial charge in [-0.3, -0.25) is 9.69 Å². The molecule has 1 aromatic heterocycles. The Labute approximate surface area is 163 Å². The second-order valence-corrected chi connectivity index (χ2v) is 8.79. The average Bonchev–Trinajstić information content (AvgIpc) is 3.16. The van der Waals surface area contributed by atoms with Crippen molar-refractivity contribution in [1.29, 1.82) is 0 Å². The fourth-order valence-electron chi connectivity index (χ4n) is 4.32. The van der Waals surface area contributed by atoms with E-state index >= 15 is 0 Å². The molecule has 2 fully saturated rings. The molecule has 3 rings (SSSR count). The van der Waals surface area contributed by atoms with Gasteiger partial charge in [-0.2, -0.15) is 0 Å². The molecule has 6 heteroatoms. The zero-order chi connectivity index (χ0) is 19.4. The maximum absolute atomic E-state index is 12.7. The first-order chi connectivity index (χ1) is 12.9. The van der Waals surface area contributed by atoms with E-state index in [1.165, 1.54) is 25.9 Å². The van der Waals surface area contributed by atoms with E-state index in [9.17, 15) is 4.79 Å². The first kappa shape index (κ1) is 20.3. The Morgan fingerprint density at radius 2 is 1.96 bits per heavy atom. The number of hydrogen-bond donors (Lipinski definition) is 1. The van der Waals surface area contributed by atoms with E-state index in [1.54, 1.807) is 0 Å². The standard InChI is InChI=1S/C21H36N4O2/c1-15(2)20-12-19(27-23-20)13-22-21(26)17-6-5-9-25(14-17)18-7-10-24(11-8-18)16(3)4/h12,15-18H,5-11,13-14H2,1-4H3,(H,22,26)/t17-/m0/s1. The van der Waals surface area contributed by atoms with Crippen LogP contribution in [0.1, 0.15) is 70.8 Å². The molecule has 0 unspecified atom stereocenters. The van der Waals surface area contributed by atoms with Gasteiger partial charge in [0.25, 0.3) is 0 Å². The highest BCUT2D eigenvalue weighted by molar-refractivity contribution is 5.78. The highest BCUT2D eigenvalue weighted by atomic mass is 16.5. The van der Waals surface area contributed by atoms with Gasteiger partial charge >= 0.3 is 0 Å². The molecule has 27 heavy (non-hydrogen) atoms. The van der Waals surface area contributed by atoms with E-state index in [0.717, 1.165) is 37.4 Å². The van der Waals surface area contributed by atoms with Crippen LogP contribution in [0.15, 0.2) is 10.6 Å². The fraction of sp³-hybridized carbons (Fsp3) is 0.810. The van der Waals surface area contributed by atoms with Crippen LogP contribution in [-0.2, 0) is 11.3 Å². The lowest BCUT2D eigenvalue weighted by Crippen LogP contribution is -2.51. The predicted molar refractivity (Wildman–Crippen MR) is 106 cm³/mol. The third kappa shape index (κ3) is 5.32. The van der Waals surface area contributed by atoms with E-state index in [1.807, 2.05) is 6.07 Å². The second kappa shape index (κ2) is 9.20. The number of nitrogens with zero attached hydrogens (tertiary/aromatic N) is 3.